The van der Waals surface area contributed by atoms with Gasteiger partial charge in [-0.2, -0.15) is 0 Å². The molecule has 108 valence electrons. The number of para-hydroxylation sites is 2. The molecule has 0 aliphatic heterocycles. The molecule has 0 spiro atoms. The van der Waals surface area contributed by atoms with Gasteiger partial charge < -0.3 is 9.55 Å². The normalized spacial score (nSPS) is 11.4. The number of pyridine rings is 1. The Balaban J connectivity index is 2.17. The minimum absolute atomic E-state index is 0.0437. The Bertz CT molecular complexity index is 1070. The van der Waals surface area contributed by atoms with Gasteiger partial charge in [-0.25, -0.2) is 0 Å². The van der Waals surface area contributed by atoms with E-state index in [1.165, 1.54) is 16.3 Å². The predicted octanol–water partition coefficient (Wildman–Crippen LogP) is 4.00. The molecule has 3 nitrogen and oxygen atoms in total. The van der Waals surface area contributed by atoms with E-state index < -0.39 is 0 Å². The van der Waals surface area contributed by atoms with Crippen LogP contribution in [0.4, 0.5) is 0 Å². The fourth-order valence-electron chi connectivity index (χ4n) is 3.24. The molecule has 0 saturated carbocycles. The molecule has 2 heterocycles. The quantitative estimate of drug-likeness (QED) is 0.565. The van der Waals surface area contributed by atoms with Gasteiger partial charge >= 0.3 is 0 Å². The number of benzene rings is 2. The Morgan fingerprint density at radius 1 is 0.864 bits per heavy atom. The summed E-state index contributed by atoms with van der Waals surface area (Å²) in [5.41, 5.74) is 4.78. The van der Waals surface area contributed by atoms with Crippen molar-refractivity contribution in [2.75, 3.05) is 0 Å². The maximum absolute atomic E-state index is 12.3. The van der Waals surface area contributed by atoms with E-state index in [0.29, 0.717) is 5.56 Å². The van der Waals surface area contributed by atoms with Crippen LogP contribution >= 0.6 is 0 Å². The average Bonchev–Trinajstić information content (AvgIpc) is 2.82. The molecular formula is C19H16N2O. The Hall–Kier alpha value is -2.81. The molecular weight excluding hydrogens is 272 g/mol. The van der Waals surface area contributed by atoms with E-state index in [0.717, 1.165) is 16.8 Å². The second-order valence-corrected chi connectivity index (χ2v) is 5.66. The number of hydrogen-bond acceptors (Lipinski definition) is 1. The van der Waals surface area contributed by atoms with Crippen molar-refractivity contribution in [1.29, 1.82) is 0 Å². The Morgan fingerprint density at radius 2 is 1.64 bits per heavy atom. The first-order chi connectivity index (χ1) is 10.7. The SMILES string of the molecule is Cc1ccc(-c2cccc3c4ccccc4n(C)c23)c(=O)[nH]1. The van der Waals surface area contributed by atoms with Crippen LogP contribution in [0, 0.1) is 6.92 Å². The Morgan fingerprint density at radius 3 is 2.45 bits per heavy atom. The summed E-state index contributed by atoms with van der Waals surface area (Å²) in [6, 6.07) is 18.3. The molecule has 22 heavy (non-hydrogen) atoms. The van der Waals surface area contributed by atoms with Crippen molar-refractivity contribution in [2.45, 2.75) is 6.92 Å². The third-order valence-corrected chi connectivity index (χ3v) is 4.27. The smallest absolute Gasteiger partial charge is 0.256 e. The van der Waals surface area contributed by atoms with Gasteiger partial charge in [0.25, 0.3) is 5.56 Å². The number of H-pyrrole nitrogens is 1. The van der Waals surface area contributed by atoms with E-state index >= 15 is 0 Å². The van der Waals surface area contributed by atoms with E-state index in [1.807, 2.05) is 43.3 Å². The third kappa shape index (κ3) is 1.72. The molecule has 1 N–H and O–H groups in total. The second kappa shape index (κ2) is 4.60. The van der Waals surface area contributed by atoms with E-state index in [-0.39, 0.29) is 5.56 Å². The molecule has 4 rings (SSSR count). The van der Waals surface area contributed by atoms with Gasteiger partial charge in [0.05, 0.1) is 5.52 Å². The summed E-state index contributed by atoms with van der Waals surface area (Å²) in [6.45, 7) is 1.89. The highest BCUT2D eigenvalue weighted by atomic mass is 16.1. The summed E-state index contributed by atoms with van der Waals surface area (Å²) in [5, 5.41) is 2.39. The molecule has 0 unspecified atom stereocenters. The molecule has 0 amide bonds. The van der Waals surface area contributed by atoms with Crippen molar-refractivity contribution in [3.05, 3.63) is 70.6 Å². The molecule has 0 aliphatic rings. The van der Waals surface area contributed by atoms with Gasteiger partial charge in [0.2, 0.25) is 0 Å². The first kappa shape index (κ1) is 12.9. The summed E-state index contributed by atoms with van der Waals surface area (Å²) < 4.78 is 2.17. The highest BCUT2D eigenvalue weighted by molar-refractivity contribution is 6.12. The van der Waals surface area contributed by atoms with Crippen molar-refractivity contribution in [1.82, 2.24) is 9.55 Å². The van der Waals surface area contributed by atoms with Crippen molar-refractivity contribution < 1.29 is 0 Å². The zero-order valence-electron chi connectivity index (χ0n) is 12.6. The topological polar surface area (TPSA) is 37.8 Å². The summed E-state index contributed by atoms with van der Waals surface area (Å²) >= 11 is 0. The van der Waals surface area contributed by atoms with Crippen molar-refractivity contribution in [3.8, 4) is 11.1 Å². The molecule has 0 saturated heterocycles. The zero-order valence-corrected chi connectivity index (χ0v) is 12.6. The minimum atomic E-state index is -0.0437. The van der Waals surface area contributed by atoms with E-state index in [9.17, 15) is 4.79 Å². The molecule has 2 aromatic heterocycles. The van der Waals surface area contributed by atoms with Crippen LogP contribution in [0.5, 0.6) is 0 Å². The van der Waals surface area contributed by atoms with E-state index in [4.69, 9.17) is 0 Å². The molecule has 0 fully saturated rings. The lowest BCUT2D eigenvalue weighted by Gasteiger charge is -2.06. The number of aryl methyl sites for hydroxylation is 2. The van der Waals surface area contributed by atoms with Gasteiger partial charge in [-0.15, -0.1) is 0 Å². The lowest BCUT2D eigenvalue weighted by Crippen LogP contribution is -2.10. The second-order valence-electron chi connectivity index (χ2n) is 5.66. The van der Waals surface area contributed by atoms with Gasteiger partial charge in [-0.3, -0.25) is 4.79 Å². The molecule has 0 bridgehead atoms. The van der Waals surface area contributed by atoms with Crippen LogP contribution in [0.3, 0.4) is 0 Å². The van der Waals surface area contributed by atoms with Crippen LogP contribution in [-0.4, -0.2) is 9.55 Å². The molecule has 0 aliphatic carbocycles. The first-order valence-electron chi connectivity index (χ1n) is 7.33. The predicted molar refractivity (Wildman–Crippen MR) is 91.2 cm³/mol. The molecule has 0 atom stereocenters. The lowest BCUT2D eigenvalue weighted by atomic mass is 10.0. The molecule has 3 heteroatoms. The number of aromatic nitrogens is 2. The molecule has 4 aromatic rings. The summed E-state index contributed by atoms with van der Waals surface area (Å²) in [5.74, 6) is 0. The van der Waals surface area contributed by atoms with E-state index in [2.05, 4.69) is 34.8 Å². The largest absolute Gasteiger partial charge is 0.343 e. The van der Waals surface area contributed by atoms with Crippen LogP contribution in [0.15, 0.2) is 59.4 Å². The monoisotopic (exact) mass is 288 g/mol. The van der Waals surface area contributed by atoms with Gasteiger partial charge in [0.15, 0.2) is 0 Å². The number of fused-ring (bicyclic) bond motifs is 3. The van der Waals surface area contributed by atoms with Crippen LogP contribution in [0.25, 0.3) is 32.9 Å². The van der Waals surface area contributed by atoms with E-state index in [1.54, 1.807) is 0 Å². The van der Waals surface area contributed by atoms with Gasteiger partial charge in [-0.05, 0) is 25.1 Å². The van der Waals surface area contributed by atoms with Crippen LogP contribution in [-0.2, 0) is 7.05 Å². The highest BCUT2D eigenvalue weighted by Gasteiger charge is 2.14. The van der Waals surface area contributed by atoms with Gasteiger partial charge in [0, 0.05) is 40.2 Å². The summed E-state index contributed by atoms with van der Waals surface area (Å²) in [6.07, 6.45) is 0. The maximum Gasteiger partial charge on any atom is 0.256 e. The van der Waals surface area contributed by atoms with Crippen LogP contribution in [0.1, 0.15) is 5.69 Å². The first-order valence-corrected chi connectivity index (χ1v) is 7.33. The summed E-state index contributed by atoms with van der Waals surface area (Å²) in [4.78, 5) is 15.2. The zero-order chi connectivity index (χ0) is 15.3. The average molecular weight is 288 g/mol. The van der Waals surface area contributed by atoms with Gasteiger partial charge in [0.1, 0.15) is 0 Å². The minimum Gasteiger partial charge on any atom is -0.343 e. The number of nitrogens with one attached hydrogen (secondary N) is 1. The van der Waals surface area contributed by atoms with Crippen molar-refractivity contribution >= 4 is 21.8 Å². The van der Waals surface area contributed by atoms with Crippen LogP contribution < -0.4 is 5.56 Å². The van der Waals surface area contributed by atoms with Crippen molar-refractivity contribution in [2.24, 2.45) is 7.05 Å². The third-order valence-electron chi connectivity index (χ3n) is 4.27. The molecule has 0 radical (unpaired) electrons. The Kier molecular flexibility index (Phi) is 2.70. The highest BCUT2D eigenvalue weighted by Crippen LogP contribution is 2.33. The number of nitrogens with zero attached hydrogens (tertiary/aromatic N) is 1. The number of rotatable bonds is 1. The van der Waals surface area contributed by atoms with Crippen molar-refractivity contribution in [3.63, 3.8) is 0 Å². The lowest BCUT2D eigenvalue weighted by molar-refractivity contribution is 1.01. The standard InChI is InChI=1S/C19H16N2O/c1-12-10-11-16(19(22)20-12)15-8-5-7-14-13-6-3-4-9-17(13)21(2)18(14)15/h3-11H,1-2H3,(H,20,22). The number of hydrogen-bond donors (Lipinski definition) is 1. The fraction of sp³-hybridized carbons (Fsp3) is 0.105. The summed E-state index contributed by atoms with van der Waals surface area (Å²) in [7, 11) is 2.05. The Labute approximate surface area is 127 Å². The van der Waals surface area contributed by atoms with Gasteiger partial charge in [-0.1, -0.05) is 36.4 Å². The number of aromatic amines is 1. The van der Waals surface area contributed by atoms with Crippen LogP contribution in [0.2, 0.25) is 0 Å². The maximum atomic E-state index is 12.3. The fourth-order valence-corrected chi connectivity index (χ4v) is 3.24. The molecule has 2 aromatic carbocycles.